The van der Waals surface area contributed by atoms with Crippen molar-refractivity contribution in [3.8, 4) is 5.75 Å². The third kappa shape index (κ3) is 5.73. The Balaban J connectivity index is 1.45. The molecule has 1 atom stereocenters. The summed E-state index contributed by atoms with van der Waals surface area (Å²) in [6.45, 7) is 4.94. The number of hydrogen-bond donors (Lipinski definition) is 0. The monoisotopic (exact) mass is 476 g/mol. The Bertz CT molecular complexity index is 979. The van der Waals surface area contributed by atoms with E-state index in [1.807, 2.05) is 30.3 Å². The lowest BCUT2D eigenvalue weighted by Gasteiger charge is -2.50. The van der Waals surface area contributed by atoms with Gasteiger partial charge in [0.15, 0.2) is 11.6 Å². The van der Waals surface area contributed by atoms with Gasteiger partial charge in [-0.05, 0) is 50.5 Å². The average molecular weight is 477 g/mol. The predicted octanol–water partition coefficient (Wildman–Crippen LogP) is 4.93. The molecule has 4 rings (SSSR count). The Hall–Kier alpha value is -2.58. The highest BCUT2D eigenvalue weighted by molar-refractivity contribution is 5.94. The number of morpholine rings is 1. The minimum Gasteiger partial charge on any atom is -0.488 e. The van der Waals surface area contributed by atoms with Gasteiger partial charge < -0.3 is 14.4 Å². The van der Waals surface area contributed by atoms with Crippen LogP contribution in [-0.4, -0.2) is 66.6 Å². The summed E-state index contributed by atoms with van der Waals surface area (Å²) in [6.07, 6.45) is -1.85. The normalized spacial score (nSPS) is 20.8. The standard InChI is InChI=1S/C26H31F3N2O3/c1-18(2)33-22-9-8-20(14-21(22)27)25(32)31-12-10-26(11-13-31)17-30(16-24(28)29)15-23(34-26)19-6-4-3-5-7-19/h3-9,14,18,23-24H,10-13,15-17H2,1-2H3. The number of benzene rings is 2. The zero-order valence-electron chi connectivity index (χ0n) is 19.6. The highest BCUT2D eigenvalue weighted by Crippen LogP contribution is 2.38. The fraction of sp³-hybridized carbons (Fsp3) is 0.500. The van der Waals surface area contributed by atoms with Crippen LogP contribution in [0.3, 0.4) is 0 Å². The van der Waals surface area contributed by atoms with Crippen LogP contribution >= 0.6 is 0 Å². The van der Waals surface area contributed by atoms with Gasteiger partial charge in [0, 0.05) is 31.7 Å². The minimum atomic E-state index is -2.43. The first-order chi connectivity index (χ1) is 16.2. The van der Waals surface area contributed by atoms with Gasteiger partial charge in [-0.25, -0.2) is 13.2 Å². The summed E-state index contributed by atoms with van der Waals surface area (Å²) in [5.74, 6) is -0.715. The highest BCUT2D eigenvalue weighted by Gasteiger charge is 2.44. The van der Waals surface area contributed by atoms with Crippen LogP contribution in [0.5, 0.6) is 5.75 Å². The Kier molecular flexibility index (Phi) is 7.48. The van der Waals surface area contributed by atoms with Gasteiger partial charge in [0.25, 0.3) is 12.3 Å². The van der Waals surface area contributed by atoms with Gasteiger partial charge in [-0.15, -0.1) is 0 Å². The van der Waals surface area contributed by atoms with Crippen molar-refractivity contribution in [3.05, 3.63) is 65.5 Å². The van der Waals surface area contributed by atoms with Crippen molar-refractivity contribution in [2.24, 2.45) is 0 Å². The minimum absolute atomic E-state index is 0.117. The molecular weight excluding hydrogens is 445 g/mol. The van der Waals surface area contributed by atoms with Gasteiger partial charge in [0.1, 0.15) is 0 Å². The lowest BCUT2D eigenvalue weighted by Crippen LogP contribution is -2.58. The maximum atomic E-state index is 14.4. The second kappa shape index (κ2) is 10.4. The van der Waals surface area contributed by atoms with E-state index in [1.54, 1.807) is 29.7 Å². The summed E-state index contributed by atoms with van der Waals surface area (Å²) in [7, 11) is 0. The van der Waals surface area contributed by atoms with Crippen LogP contribution in [-0.2, 0) is 4.74 Å². The molecular formula is C26H31F3N2O3. The van der Waals surface area contributed by atoms with Crippen molar-refractivity contribution in [3.63, 3.8) is 0 Å². The molecule has 0 aliphatic carbocycles. The SMILES string of the molecule is CC(C)Oc1ccc(C(=O)N2CCC3(CC2)CN(CC(F)F)CC(c2ccccc2)O3)cc1F. The zero-order chi connectivity index (χ0) is 24.3. The molecule has 2 aliphatic rings. The number of carbonyl (C=O) groups is 1. The van der Waals surface area contributed by atoms with Crippen LogP contribution < -0.4 is 4.74 Å². The van der Waals surface area contributed by atoms with Crippen molar-refractivity contribution >= 4 is 5.91 Å². The van der Waals surface area contributed by atoms with Crippen molar-refractivity contribution in [2.45, 2.75) is 50.9 Å². The number of amides is 1. The maximum absolute atomic E-state index is 14.4. The summed E-state index contributed by atoms with van der Waals surface area (Å²) in [6, 6.07) is 13.9. The molecule has 0 aromatic heterocycles. The van der Waals surface area contributed by atoms with E-state index in [4.69, 9.17) is 9.47 Å². The van der Waals surface area contributed by atoms with Crippen LogP contribution in [0.15, 0.2) is 48.5 Å². The Morgan fingerprint density at radius 1 is 1.15 bits per heavy atom. The molecule has 0 radical (unpaired) electrons. The van der Waals surface area contributed by atoms with E-state index in [-0.39, 0.29) is 36.0 Å². The number of ether oxygens (including phenoxy) is 2. The molecule has 1 spiro atoms. The van der Waals surface area contributed by atoms with Crippen molar-refractivity contribution in [1.82, 2.24) is 9.80 Å². The van der Waals surface area contributed by atoms with Crippen LogP contribution in [0.4, 0.5) is 13.2 Å². The number of piperidine rings is 1. The number of hydrogen-bond acceptors (Lipinski definition) is 4. The summed E-state index contributed by atoms with van der Waals surface area (Å²) in [4.78, 5) is 16.5. The van der Waals surface area contributed by atoms with Crippen LogP contribution in [0.25, 0.3) is 0 Å². The van der Waals surface area contributed by atoms with Gasteiger partial charge in [-0.1, -0.05) is 30.3 Å². The number of halogens is 3. The third-order valence-corrected chi connectivity index (χ3v) is 6.40. The van der Waals surface area contributed by atoms with E-state index in [2.05, 4.69) is 0 Å². The molecule has 1 amide bonds. The molecule has 2 aliphatic heterocycles. The molecule has 5 nitrogen and oxygen atoms in total. The summed E-state index contributed by atoms with van der Waals surface area (Å²) in [5.41, 5.74) is 0.610. The molecule has 0 N–H and O–H groups in total. The number of rotatable bonds is 6. The van der Waals surface area contributed by atoms with Crippen molar-refractivity contribution in [2.75, 3.05) is 32.7 Å². The molecule has 1 unspecified atom stereocenters. The van der Waals surface area contributed by atoms with Gasteiger partial charge in [-0.2, -0.15) is 0 Å². The van der Waals surface area contributed by atoms with Crippen LogP contribution in [0.2, 0.25) is 0 Å². The summed E-state index contributed by atoms with van der Waals surface area (Å²) < 4.78 is 52.8. The fourth-order valence-corrected chi connectivity index (χ4v) is 4.82. The predicted molar refractivity (Wildman–Crippen MR) is 123 cm³/mol. The molecule has 34 heavy (non-hydrogen) atoms. The quantitative estimate of drug-likeness (QED) is 0.593. The largest absolute Gasteiger partial charge is 0.488 e. The number of carbonyl (C=O) groups excluding carboxylic acids is 1. The molecule has 0 bridgehead atoms. The third-order valence-electron chi connectivity index (χ3n) is 6.40. The molecule has 8 heteroatoms. The fourth-order valence-electron chi connectivity index (χ4n) is 4.82. The van der Waals surface area contributed by atoms with E-state index in [9.17, 15) is 18.0 Å². The average Bonchev–Trinajstić information content (AvgIpc) is 2.80. The van der Waals surface area contributed by atoms with E-state index in [0.717, 1.165) is 5.56 Å². The molecule has 184 valence electrons. The summed E-state index contributed by atoms with van der Waals surface area (Å²) in [5, 5.41) is 0. The Morgan fingerprint density at radius 3 is 2.47 bits per heavy atom. The van der Waals surface area contributed by atoms with E-state index >= 15 is 0 Å². The molecule has 2 aromatic carbocycles. The number of alkyl halides is 2. The number of likely N-dealkylation sites (tertiary alicyclic amines) is 1. The molecule has 2 saturated heterocycles. The van der Waals surface area contributed by atoms with Gasteiger partial charge in [-0.3, -0.25) is 9.69 Å². The van der Waals surface area contributed by atoms with Crippen LogP contribution in [0, 0.1) is 5.82 Å². The lowest BCUT2D eigenvalue weighted by atomic mass is 9.87. The Morgan fingerprint density at radius 2 is 1.85 bits per heavy atom. The first-order valence-corrected chi connectivity index (χ1v) is 11.7. The van der Waals surface area contributed by atoms with Crippen molar-refractivity contribution < 1.29 is 27.4 Å². The van der Waals surface area contributed by atoms with Gasteiger partial charge in [0.05, 0.1) is 24.4 Å². The van der Waals surface area contributed by atoms with E-state index in [1.165, 1.54) is 12.1 Å². The lowest BCUT2D eigenvalue weighted by molar-refractivity contribution is -0.180. The molecule has 2 aromatic rings. The second-order valence-electron chi connectivity index (χ2n) is 9.39. The zero-order valence-corrected chi connectivity index (χ0v) is 19.6. The first-order valence-electron chi connectivity index (χ1n) is 11.7. The first kappa shape index (κ1) is 24.5. The van der Waals surface area contributed by atoms with Crippen LogP contribution in [0.1, 0.15) is 48.7 Å². The van der Waals surface area contributed by atoms with E-state index in [0.29, 0.717) is 39.0 Å². The topological polar surface area (TPSA) is 42.0 Å². The highest BCUT2D eigenvalue weighted by atomic mass is 19.3. The maximum Gasteiger partial charge on any atom is 0.253 e. The number of nitrogens with zero attached hydrogens (tertiary/aromatic N) is 2. The van der Waals surface area contributed by atoms with Crippen molar-refractivity contribution in [1.29, 1.82) is 0 Å². The van der Waals surface area contributed by atoms with E-state index < -0.39 is 17.8 Å². The Labute approximate surface area is 198 Å². The molecule has 0 saturated carbocycles. The molecule has 2 fully saturated rings. The van der Waals surface area contributed by atoms with Gasteiger partial charge in [0.2, 0.25) is 0 Å². The second-order valence-corrected chi connectivity index (χ2v) is 9.39. The molecule has 2 heterocycles. The van der Waals surface area contributed by atoms with Gasteiger partial charge >= 0.3 is 0 Å². The smallest absolute Gasteiger partial charge is 0.253 e. The summed E-state index contributed by atoms with van der Waals surface area (Å²) >= 11 is 0.